The third kappa shape index (κ3) is 6.48. The van der Waals surface area contributed by atoms with Gasteiger partial charge in [0.25, 0.3) is 5.91 Å². The Hall–Kier alpha value is -2.75. The second-order valence-electron chi connectivity index (χ2n) is 9.00. The van der Waals surface area contributed by atoms with E-state index in [0.29, 0.717) is 55.4 Å². The fourth-order valence-electron chi connectivity index (χ4n) is 4.55. The summed E-state index contributed by atoms with van der Waals surface area (Å²) in [5, 5.41) is 3.29. The van der Waals surface area contributed by atoms with Gasteiger partial charge in [-0.05, 0) is 61.6 Å². The highest BCUT2D eigenvalue weighted by molar-refractivity contribution is 6.31. The average Bonchev–Trinajstić information content (AvgIpc) is 2.84. The topological polar surface area (TPSA) is 87.9 Å². The van der Waals surface area contributed by atoms with Crippen LogP contribution in [0.5, 0.6) is 0 Å². The van der Waals surface area contributed by atoms with E-state index in [1.165, 1.54) is 0 Å². The molecule has 1 heterocycles. The molecule has 0 atom stereocenters. The molecule has 1 aliphatic heterocycles. The number of carbonyl (C=O) groups is 2. The van der Waals surface area contributed by atoms with Gasteiger partial charge < -0.3 is 25.6 Å². The summed E-state index contributed by atoms with van der Waals surface area (Å²) in [5.74, 6) is -2.11. The Balaban J connectivity index is 1.57. The molecule has 2 aromatic rings. The van der Waals surface area contributed by atoms with Crippen molar-refractivity contribution in [3.63, 3.8) is 0 Å². The second kappa shape index (κ2) is 11.3. The number of amides is 3. The van der Waals surface area contributed by atoms with Crippen LogP contribution in [0.4, 0.5) is 19.3 Å². The molecule has 0 radical (unpaired) electrons. The minimum Gasteiger partial charge on any atom is -0.378 e. The Morgan fingerprint density at radius 2 is 1.71 bits per heavy atom. The number of hydrogen-bond acceptors (Lipinski definition) is 4. The van der Waals surface area contributed by atoms with Gasteiger partial charge in [-0.15, -0.1) is 0 Å². The number of anilines is 1. The quantitative estimate of drug-likeness (QED) is 0.629. The smallest absolute Gasteiger partial charge is 0.321 e. The molecule has 0 bridgehead atoms. The van der Waals surface area contributed by atoms with Gasteiger partial charge in [-0.25, -0.2) is 13.6 Å². The highest BCUT2D eigenvalue weighted by Gasteiger charge is 2.30. The van der Waals surface area contributed by atoms with Gasteiger partial charge >= 0.3 is 6.03 Å². The van der Waals surface area contributed by atoms with Crippen LogP contribution in [0.3, 0.4) is 0 Å². The largest absolute Gasteiger partial charge is 0.378 e. The molecule has 0 unspecified atom stereocenters. The second-order valence-corrected chi connectivity index (χ2v) is 9.40. The van der Waals surface area contributed by atoms with Crippen molar-refractivity contribution in [2.75, 3.05) is 31.6 Å². The minimum atomic E-state index is -0.815. The maximum atomic E-state index is 13.9. The van der Waals surface area contributed by atoms with Crippen molar-refractivity contribution in [1.29, 1.82) is 0 Å². The summed E-state index contributed by atoms with van der Waals surface area (Å²) in [4.78, 5) is 29.3. The van der Waals surface area contributed by atoms with Gasteiger partial charge in [0.2, 0.25) is 0 Å². The van der Waals surface area contributed by atoms with E-state index in [1.54, 1.807) is 28.0 Å². The van der Waals surface area contributed by atoms with Gasteiger partial charge in [-0.3, -0.25) is 4.79 Å². The lowest BCUT2D eigenvalue weighted by atomic mass is 9.90. The van der Waals surface area contributed by atoms with E-state index in [9.17, 15) is 18.4 Å². The van der Waals surface area contributed by atoms with Crippen LogP contribution >= 0.6 is 11.6 Å². The van der Waals surface area contributed by atoms with Crippen LogP contribution < -0.4 is 11.1 Å². The number of carbonyl (C=O) groups excluding carboxylic acids is 2. The van der Waals surface area contributed by atoms with E-state index in [0.717, 1.165) is 31.0 Å². The lowest BCUT2D eigenvalue weighted by Crippen LogP contribution is -2.44. The number of hydrogen-bond donors (Lipinski definition) is 2. The Morgan fingerprint density at radius 1 is 1.06 bits per heavy atom. The van der Waals surface area contributed by atoms with E-state index >= 15 is 0 Å². The normalized spacial score (nSPS) is 20.4. The highest BCUT2D eigenvalue weighted by Crippen LogP contribution is 2.29. The first-order chi connectivity index (χ1) is 16.8. The van der Waals surface area contributed by atoms with Crippen molar-refractivity contribution in [2.45, 2.75) is 44.3 Å². The van der Waals surface area contributed by atoms with E-state index in [-0.39, 0.29) is 30.2 Å². The molecule has 1 aliphatic carbocycles. The van der Waals surface area contributed by atoms with Crippen molar-refractivity contribution in [3.05, 3.63) is 64.2 Å². The SMILES string of the molecule is NC1CCC(N(Cc2cc(NC(=O)N3CCOCC3)ccc2Cl)C(=O)c2cc(F)cc(F)c2)CC1. The average molecular weight is 507 g/mol. The Labute approximate surface area is 208 Å². The Morgan fingerprint density at radius 3 is 2.37 bits per heavy atom. The standard InChI is InChI=1S/C25H29ClF2N4O3/c26-23-6-3-21(30-25(34)31-7-9-35-10-8-31)13-17(23)15-32(22-4-1-20(29)2-5-22)24(33)16-11-18(27)14-19(28)12-16/h3,6,11-14,20,22H,1-2,4-5,7-10,15,29H2,(H,30,34). The number of nitrogens with zero attached hydrogens (tertiary/aromatic N) is 2. The predicted molar refractivity (Wildman–Crippen MR) is 129 cm³/mol. The molecule has 7 nitrogen and oxygen atoms in total. The molecule has 1 saturated carbocycles. The molecular formula is C25H29ClF2N4O3. The molecule has 2 fully saturated rings. The van der Waals surface area contributed by atoms with Gasteiger partial charge in [-0.1, -0.05) is 11.6 Å². The third-order valence-corrected chi connectivity index (χ3v) is 6.86. The van der Waals surface area contributed by atoms with Gasteiger partial charge in [0.05, 0.1) is 13.2 Å². The van der Waals surface area contributed by atoms with Crippen LogP contribution in [0.2, 0.25) is 5.02 Å². The summed E-state index contributed by atoms with van der Waals surface area (Å²) in [6.45, 7) is 2.10. The number of urea groups is 1. The predicted octanol–water partition coefficient (Wildman–Crippen LogP) is 4.39. The molecule has 188 valence electrons. The molecular weight excluding hydrogens is 478 g/mol. The van der Waals surface area contributed by atoms with Gasteiger partial charge in [-0.2, -0.15) is 0 Å². The van der Waals surface area contributed by atoms with E-state index < -0.39 is 17.5 Å². The fraction of sp³-hybridized carbons (Fsp3) is 0.440. The number of morpholine rings is 1. The monoisotopic (exact) mass is 506 g/mol. The number of ether oxygens (including phenoxy) is 1. The fourth-order valence-corrected chi connectivity index (χ4v) is 4.73. The first-order valence-corrected chi connectivity index (χ1v) is 12.1. The summed E-state index contributed by atoms with van der Waals surface area (Å²) in [7, 11) is 0. The van der Waals surface area contributed by atoms with Crippen LogP contribution in [0.15, 0.2) is 36.4 Å². The van der Waals surface area contributed by atoms with Crippen molar-refractivity contribution in [3.8, 4) is 0 Å². The van der Waals surface area contributed by atoms with Gasteiger partial charge in [0.1, 0.15) is 11.6 Å². The number of benzene rings is 2. The molecule has 10 heteroatoms. The summed E-state index contributed by atoms with van der Waals surface area (Å²) in [6.07, 6.45) is 2.84. The zero-order valence-corrected chi connectivity index (χ0v) is 20.1. The number of halogens is 3. The molecule has 1 saturated heterocycles. The van der Waals surface area contributed by atoms with Crippen molar-refractivity contribution < 1.29 is 23.1 Å². The Bertz CT molecular complexity index is 1050. The molecule has 35 heavy (non-hydrogen) atoms. The molecule has 2 aliphatic rings. The van der Waals surface area contributed by atoms with E-state index in [2.05, 4.69) is 5.32 Å². The lowest BCUT2D eigenvalue weighted by molar-refractivity contribution is 0.0564. The van der Waals surface area contributed by atoms with Crippen molar-refractivity contribution in [2.24, 2.45) is 5.73 Å². The summed E-state index contributed by atoms with van der Waals surface area (Å²) in [5.41, 5.74) is 7.14. The van der Waals surface area contributed by atoms with Crippen molar-refractivity contribution >= 4 is 29.2 Å². The molecule has 2 aromatic carbocycles. The lowest BCUT2D eigenvalue weighted by Gasteiger charge is -2.36. The summed E-state index contributed by atoms with van der Waals surface area (Å²) < 4.78 is 33.0. The van der Waals surface area contributed by atoms with Crippen LogP contribution in [0, 0.1) is 11.6 Å². The molecule has 4 rings (SSSR count). The zero-order chi connectivity index (χ0) is 24.9. The van der Waals surface area contributed by atoms with Crippen molar-refractivity contribution in [1.82, 2.24) is 9.80 Å². The summed E-state index contributed by atoms with van der Waals surface area (Å²) >= 11 is 6.47. The Kier molecular flexibility index (Phi) is 8.20. The number of nitrogens with two attached hydrogens (primary N) is 1. The van der Waals surface area contributed by atoms with E-state index in [4.69, 9.17) is 22.1 Å². The third-order valence-electron chi connectivity index (χ3n) is 6.49. The maximum Gasteiger partial charge on any atom is 0.321 e. The van der Waals surface area contributed by atoms with Crippen LogP contribution in [0.25, 0.3) is 0 Å². The van der Waals surface area contributed by atoms with E-state index in [1.807, 2.05) is 0 Å². The first kappa shape index (κ1) is 25.3. The molecule has 0 aromatic heterocycles. The van der Waals surface area contributed by atoms with Crippen LogP contribution in [-0.4, -0.2) is 60.1 Å². The molecule has 3 N–H and O–H groups in total. The van der Waals surface area contributed by atoms with Crippen LogP contribution in [0.1, 0.15) is 41.6 Å². The molecule has 3 amide bonds. The van der Waals surface area contributed by atoms with Crippen LogP contribution in [-0.2, 0) is 11.3 Å². The zero-order valence-electron chi connectivity index (χ0n) is 19.3. The van der Waals surface area contributed by atoms with Gasteiger partial charge in [0.15, 0.2) is 0 Å². The minimum absolute atomic E-state index is 0.0646. The summed E-state index contributed by atoms with van der Waals surface area (Å²) in [6, 6.07) is 7.55. The number of rotatable bonds is 5. The first-order valence-electron chi connectivity index (χ1n) is 11.7. The maximum absolute atomic E-state index is 13.9. The van der Waals surface area contributed by atoms with Gasteiger partial charge in [0, 0.05) is 54.1 Å². The number of nitrogens with one attached hydrogen (secondary N) is 1. The molecule has 0 spiro atoms. The highest BCUT2D eigenvalue weighted by atomic mass is 35.5.